The van der Waals surface area contributed by atoms with E-state index in [1.807, 2.05) is 0 Å². The number of alkyl halides is 2. The molecule has 2 heterocycles. The first-order valence-corrected chi connectivity index (χ1v) is 8.63. The summed E-state index contributed by atoms with van der Waals surface area (Å²) in [7, 11) is 0. The van der Waals surface area contributed by atoms with Gasteiger partial charge in [0.05, 0.1) is 5.69 Å². The Morgan fingerprint density at radius 3 is 3.05 bits per heavy atom. The smallest absolute Gasteiger partial charge is 0.290 e. The molecule has 1 aliphatic rings. The van der Waals surface area contributed by atoms with E-state index in [1.165, 1.54) is 18.0 Å². The Hall–Kier alpha value is -1.41. The molecule has 3 rings (SSSR count). The maximum Gasteiger partial charge on any atom is 0.290 e. The molecule has 0 amide bonds. The van der Waals surface area contributed by atoms with E-state index in [4.69, 9.17) is 0 Å². The number of hydrogen-bond acceptors (Lipinski definition) is 5. The normalized spacial score (nSPS) is 13.6. The van der Waals surface area contributed by atoms with Crippen LogP contribution in [0.1, 0.15) is 23.2 Å². The number of rotatable bonds is 5. The molecule has 0 fully saturated rings. The second-order valence-electron chi connectivity index (χ2n) is 4.78. The number of aromatic amines is 1. The third kappa shape index (κ3) is 3.49. The number of pyridine rings is 1. The zero-order valence-corrected chi connectivity index (χ0v) is 13.1. The van der Waals surface area contributed by atoms with Crippen molar-refractivity contribution in [3.8, 4) is 0 Å². The van der Waals surface area contributed by atoms with Gasteiger partial charge < -0.3 is 4.98 Å². The van der Waals surface area contributed by atoms with Crippen LogP contribution in [-0.4, -0.2) is 20.7 Å². The number of hydrogen-bond donors (Lipinski definition) is 1. The molecule has 2 aromatic rings. The van der Waals surface area contributed by atoms with Gasteiger partial charge in [-0.3, -0.25) is 4.79 Å². The highest BCUT2D eigenvalue weighted by molar-refractivity contribution is 8.00. The summed E-state index contributed by atoms with van der Waals surface area (Å²) >= 11 is 1.76. The lowest BCUT2D eigenvalue weighted by Gasteiger charge is -2.07. The number of thioether (sulfide) groups is 2. The summed E-state index contributed by atoms with van der Waals surface area (Å²) in [5.41, 5.74) is 2.26. The number of H-pyrrole nitrogens is 1. The molecule has 0 saturated heterocycles. The Kier molecular flexibility index (Phi) is 4.77. The quantitative estimate of drug-likeness (QED) is 0.668. The predicted molar refractivity (Wildman–Crippen MR) is 82.5 cm³/mol. The van der Waals surface area contributed by atoms with Crippen LogP contribution in [0.5, 0.6) is 0 Å². The number of nitrogens with one attached hydrogen (secondary N) is 1. The fraction of sp³-hybridized carbons (Fsp3) is 0.357. The molecule has 0 aliphatic heterocycles. The summed E-state index contributed by atoms with van der Waals surface area (Å²) in [6, 6.07) is 3.47. The highest BCUT2D eigenvalue weighted by Gasteiger charge is 2.18. The zero-order chi connectivity index (χ0) is 15.5. The summed E-state index contributed by atoms with van der Waals surface area (Å²) in [6.45, 7) is 0. The first kappa shape index (κ1) is 15.5. The van der Waals surface area contributed by atoms with Crippen molar-refractivity contribution in [2.24, 2.45) is 0 Å². The number of nitrogens with zero attached hydrogens (tertiary/aromatic N) is 2. The van der Waals surface area contributed by atoms with Crippen LogP contribution in [-0.2, 0) is 18.6 Å². The highest BCUT2D eigenvalue weighted by Crippen LogP contribution is 2.30. The van der Waals surface area contributed by atoms with E-state index in [-0.39, 0.29) is 5.56 Å². The average Bonchev–Trinajstić information content (AvgIpc) is 2.95. The van der Waals surface area contributed by atoms with Gasteiger partial charge in [-0.2, -0.15) is 8.78 Å². The van der Waals surface area contributed by atoms with Crippen LogP contribution in [0.2, 0.25) is 0 Å². The van der Waals surface area contributed by atoms with Gasteiger partial charge in [0.15, 0.2) is 5.16 Å². The van der Waals surface area contributed by atoms with Crippen LogP contribution in [0, 0.1) is 0 Å². The van der Waals surface area contributed by atoms with Gasteiger partial charge in [0.25, 0.3) is 11.3 Å². The lowest BCUT2D eigenvalue weighted by molar-refractivity contribution is 0.252. The summed E-state index contributed by atoms with van der Waals surface area (Å²) in [5.74, 6) is -2.07. The van der Waals surface area contributed by atoms with Gasteiger partial charge in [-0.25, -0.2) is 9.97 Å². The first-order chi connectivity index (χ1) is 10.6. The first-order valence-electron chi connectivity index (χ1n) is 6.77. The molecule has 1 aliphatic carbocycles. The standard InChI is InChI=1S/C14H13F2N3OS2/c15-13(16)22-12-8(3-2-6-17-12)7-21-14-18-10-5-1-4-9(10)11(20)19-14/h2-3,6,13H,1,4-5,7H2,(H,18,19,20). The molecule has 4 nitrogen and oxygen atoms in total. The zero-order valence-electron chi connectivity index (χ0n) is 11.5. The summed E-state index contributed by atoms with van der Waals surface area (Å²) in [6.07, 6.45) is 4.05. The van der Waals surface area contributed by atoms with Crippen molar-refractivity contribution in [2.45, 2.75) is 41.0 Å². The molecular formula is C14H13F2N3OS2. The van der Waals surface area contributed by atoms with Crippen LogP contribution in [0.15, 0.2) is 33.3 Å². The fourth-order valence-electron chi connectivity index (χ4n) is 2.36. The van der Waals surface area contributed by atoms with Crippen LogP contribution in [0.3, 0.4) is 0 Å². The summed E-state index contributed by atoms with van der Waals surface area (Å²) in [4.78, 5) is 23.1. The van der Waals surface area contributed by atoms with Gasteiger partial charge in [0.2, 0.25) is 0 Å². The third-order valence-corrected chi connectivity index (χ3v) is 5.03. The van der Waals surface area contributed by atoms with E-state index in [1.54, 1.807) is 12.1 Å². The Morgan fingerprint density at radius 2 is 2.23 bits per heavy atom. The molecule has 22 heavy (non-hydrogen) atoms. The Bertz CT molecular complexity index is 736. The van der Waals surface area contributed by atoms with Crippen molar-refractivity contribution in [2.75, 3.05) is 0 Å². The average molecular weight is 341 g/mol. The van der Waals surface area contributed by atoms with E-state index in [0.717, 1.165) is 30.5 Å². The molecule has 8 heteroatoms. The van der Waals surface area contributed by atoms with E-state index < -0.39 is 5.76 Å². The van der Waals surface area contributed by atoms with Crippen molar-refractivity contribution >= 4 is 23.5 Å². The highest BCUT2D eigenvalue weighted by atomic mass is 32.2. The molecule has 0 radical (unpaired) electrons. The van der Waals surface area contributed by atoms with Gasteiger partial charge in [-0.05, 0) is 42.7 Å². The second-order valence-corrected chi connectivity index (χ2v) is 6.73. The van der Waals surface area contributed by atoms with Crippen molar-refractivity contribution < 1.29 is 8.78 Å². The maximum absolute atomic E-state index is 12.5. The van der Waals surface area contributed by atoms with Gasteiger partial charge in [-0.15, -0.1) is 0 Å². The van der Waals surface area contributed by atoms with Crippen LogP contribution in [0.4, 0.5) is 8.78 Å². The van der Waals surface area contributed by atoms with Crippen LogP contribution in [0.25, 0.3) is 0 Å². The van der Waals surface area contributed by atoms with E-state index in [0.29, 0.717) is 33.3 Å². The topological polar surface area (TPSA) is 58.6 Å². The summed E-state index contributed by atoms with van der Waals surface area (Å²) in [5, 5.41) is 0.844. The van der Waals surface area contributed by atoms with Crippen molar-refractivity contribution in [1.82, 2.24) is 15.0 Å². The third-order valence-electron chi connectivity index (χ3n) is 3.33. The van der Waals surface area contributed by atoms with Crippen LogP contribution >= 0.6 is 23.5 Å². The minimum atomic E-state index is -2.50. The number of aromatic nitrogens is 3. The fourth-order valence-corrected chi connectivity index (χ4v) is 3.90. The monoisotopic (exact) mass is 341 g/mol. The Morgan fingerprint density at radius 1 is 1.36 bits per heavy atom. The number of halogens is 2. The van der Waals surface area contributed by atoms with Crippen molar-refractivity contribution in [3.63, 3.8) is 0 Å². The van der Waals surface area contributed by atoms with Crippen molar-refractivity contribution in [1.29, 1.82) is 0 Å². The number of fused-ring (bicyclic) bond motifs is 1. The molecule has 1 N–H and O–H groups in total. The van der Waals surface area contributed by atoms with E-state index in [2.05, 4.69) is 15.0 Å². The molecule has 0 atom stereocenters. The van der Waals surface area contributed by atoms with Gasteiger partial charge >= 0.3 is 0 Å². The van der Waals surface area contributed by atoms with Gasteiger partial charge in [0.1, 0.15) is 5.03 Å². The molecule has 2 aromatic heterocycles. The molecule has 0 spiro atoms. The predicted octanol–water partition coefficient (Wildman–Crippen LogP) is 3.26. The number of aryl methyl sites for hydroxylation is 1. The Balaban J connectivity index is 1.76. The summed E-state index contributed by atoms with van der Waals surface area (Å²) < 4.78 is 25.0. The second kappa shape index (κ2) is 6.78. The lowest BCUT2D eigenvalue weighted by Crippen LogP contribution is -2.14. The SMILES string of the molecule is O=c1[nH]c(SCc2cccnc2SC(F)F)nc2c1CCC2. The van der Waals surface area contributed by atoms with Crippen molar-refractivity contribution in [3.05, 3.63) is 45.5 Å². The molecule has 116 valence electrons. The maximum atomic E-state index is 12.5. The minimum Gasteiger partial charge on any atom is -0.301 e. The molecule has 0 unspecified atom stereocenters. The van der Waals surface area contributed by atoms with Crippen LogP contribution < -0.4 is 5.56 Å². The molecular weight excluding hydrogens is 328 g/mol. The molecule has 0 aromatic carbocycles. The minimum absolute atomic E-state index is 0.0848. The molecule has 0 bridgehead atoms. The largest absolute Gasteiger partial charge is 0.301 e. The van der Waals surface area contributed by atoms with Gasteiger partial charge in [-0.1, -0.05) is 17.8 Å². The van der Waals surface area contributed by atoms with E-state index >= 15 is 0 Å². The molecule has 0 saturated carbocycles. The van der Waals surface area contributed by atoms with E-state index in [9.17, 15) is 13.6 Å². The lowest BCUT2D eigenvalue weighted by atomic mass is 10.3. The van der Waals surface area contributed by atoms with Gasteiger partial charge in [0, 0.05) is 17.5 Å². The Labute approximate surface area is 134 Å².